The van der Waals surface area contributed by atoms with Crippen LogP contribution < -0.4 is 5.32 Å². The number of aromatic nitrogens is 2. The normalized spacial score (nSPS) is 13.4. The molecule has 1 unspecified atom stereocenters. The van der Waals surface area contributed by atoms with Gasteiger partial charge in [0.25, 0.3) is 0 Å². The van der Waals surface area contributed by atoms with Crippen LogP contribution >= 0.6 is 11.6 Å². The Morgan fingerprint density at radius 1 is 1.47 bits per heavy atom. The molecule has 0 radical (unpaired) electrons. The van der Waals surface area contributed by atoms with Crippen molar-refractivity contribution in [2.24, 2.45) is 13.0 Å². The first kappa shape index (κ1) is 14.5. The summed E-state index contributed by atoms with van der Waals surface area (Å²) in [6.07, 6.45) is 0.756. The fourth-order valence-electron chi connectivity index (χ4n) is 1.91. The lowest BCUT2D eigenvalue weighted by Gasteiger charge is -2.21. The van der Waals surface area contributed by atoms with E-state index in [1.54, 1.807) is 4.68 Å². The first-order valence-electron chi connectivity index (χ1n) is 5.99. The van der Waals surface area contributed by atoms with Gasteiger partial charge in [0.05, 0.1) is 16.4 Å². The van der Waals surface area contributed by atoms with Gasteiger partial charge in [-0.3, -0.25) is 4.68 Å². The van der Waals surface area contributed by atoms with Crippen LogP contribution in [0.15, 0.2) is 0 Å². The lowest BCUT2D eigenvalue weighted by Crippen LogP contribution is -2.34. The van der Waals surface area contributed by atoms with Crippen molar-refractivity contribution in [1.29, 1.82) is 0 Å². The second kappa shape index (κ2) is 6.38. The second-order valence-corrected chi connectivity index (χ2v) is 5.09. The number of hydrogen-bond acceptors (Lipinski definition) is 3. The highest BCUT2D eigenvalue weighted by molar-refractivity contribution is 6.31. The molecule has 1 heterocycles. The molecule has 5 heteroatoms. The smallest absolute Gasteiger partial charge is 0.0860 e. The fourth-order valence-corrected chi connectivity index (χ4v) is 2.14. The number of aliphatic hydroxyl groups is 1. The van der Waals surface area contributed by atoms with Gasteiger partial charge in [0.15, 0.2) is 0 Å². The van der Waals surface area contributed by atoms with Crippen LogP contribution in [0, 0.1) is 12.8 Å². The summed E-state index contributed by atoms with van der Waals surface area (Å²) in [6, 6.07) is 0.297. The van der Waals surface area contributed by atoms with Crippen LogP contribution in [0.2, 0.25) is 5.02 Å². The molecule has 0 aliphatic carbocycles. The molecule has 0 aliphatic rings. The Balaban J connectivity index is 2.65. The Morgan fingerprint density at radius 2 is 2.12 bits per heavy atom. The summed E-state index contributed by atoms with van der Waals surface area (Å²) in [7, 11) is 1.90. The highest BCUT2D eigenvalue weighted by Crippen LogP contribution is 2.19. The van der Waals surface area contributed by atoms with Crippen molar-refractivity contribution in [2.45, 2.75) is 39.8 Å². The van der Waals surface area contributed by atoms with Crippen LogP contribution in [0.3, 0.4) is 0 Å². The van der Waals surface area contributed by atoms with E-state index in [1.807, 2.05) is 14.0 Å². The van der Waals surface area contributed by atoms with Crippen LogP contribution in [0.4, 0.5) is 0 Å². The van der Waals surface area contributed by atoms with Gasteiger partial charge in [-0.2, -0.15) is 5.10 Å². The molecule has 0 bridgehead atoms. The van der Waals surface area contributed by atoms with Crippen molar-refractivity contribution < 1.29 is 5.11 Å². The molecule has 98 valence electrons. The third-order valence-electron chi connectivity index (χ3n) is 3.04. The predicted octanol–water partition coefficient (Wildman–Crippen LogP) is 1.88. The maximum absolute atomic E-state index is 9.01. The van der Waals surface area contributed by atoms with E-state index in [0.29, 0.717) is 18.5 Å². The maximum atomic E-state index is 9.01. The molecule has 17 heavy (non-hydrogen) atoms. The van der Waals surface area contributed by atoms with Crippen molar-refractivity contribution in [3.63, 3.8) is 0 Å². The van der Waals surface area contributed by atoms with Crippen molar-refractivity contribution in [2.75, 3.05) is 6.61 Å². The monoisotopic (exact) mass is 259 g/mol. The number of hydrogen-bond donors (Lipinski definition) is 2. The van der Waals surface area contributed by atoms with E-state index < -0.39 is 0 Å². The number of aliphatic hydroxyl groups excluding tert-OH is 1. The van der Waals surface area contributed by atoms with Crippen LogP contribution in [0.1, 0.15) is 31.7 Å². The Kier molecular flexibility index (Phi) is 5.43. The average molecular weight is 260 g/mol. The van der Waals surface area contributed by atoms with E-state index in [9.17, 15) is 0 Å². The highest BCUT2D eigenvalue weighted by atomic mass is 35.5. The number of aryl methyl sites for hydroxylation is 2. The minimum absolute atomic E-state index is 0.202. The maximum Gasteiger partial charge on any atom is 0.0860 e. The number of rotatable bonds is 6. The molecule has 0 saturated carbocycles. The molecular weight excluding hydrogens is 238 g/mol. The largest absolute Gasteiger partial charge is 0.396 e. The minimum atomic E-state index is 0.202. The van der Waals surface area contributed by atoms with E-state index in [-0.39, 0.29) is 6.61 Å². The van der Waals surface area contributed by atoms with Gasteiger partial charge in [-0.25, -0.2) is 0 Å². The van der Waals surface area contributed by atoms with Gasteiger partial charge in [-0.05, 0) is 19.3 Å². The molecule has 0 saturated heterocycles. The standard InChI is InChI=1S/C12H22ClN3O/c1-8(2)10(5-6-17)14-7-11-12(13)9(3)15-16(11)4/h8,10,14,17H,5-7H2,1-4H3. The van der Waals surface area contributed by atoms with Gasteiger partial charge in [0.2, 0.25) is 0 Å². The van der Waals surface area contributed by atoms with Gasteiger partial charge < -0.3 is 10.4 Å². The third-order valence-corrected chi connectivity index (χ3v) is 3.53. The van der Waals surface area contributed by atoms with Crippen LogP contribution in [0.25, 0.3) is 0 Å². The molecular formula is C12H22ClN3O. The summed E-state index contributed by atoms with van der Waals surface area (Å²) < 4.78 is 1.81. The first-order chi connectivity index (χ1) is 7.97. The molecule has 0 aliphatic heterocycles. The van der Waals surface area contributed by atoms with Crippen molar-refractivity contribution in [3.8, 4) is 0 Å². The lowest BCUT2D eigenvalue weighted by molar-refractivity contribution is 0.243. The molecule has 0 amide bonds. The zero-order chi connectivity index (χ0) is 13.0. The van der Waals surface area contributed by atoms with Gasteiger partial charge >= 0.3 is 0 Å². The second-order valence-electron chi connectivity index (χ2n) is 4.71. The summed E-state index contributed by atoms with van der Waals surface area (Å²) >= 11 is 6.18. The third kappa shape index (κ3) is 3.69. The molecule has 1 rings (SSSR count). The minimum Gasteiger partial charge on any atom is -0.396 e. The zero-order valence-electron chi connectivity index (χ0n) is 11.0. The van der Waals surface area contributed by atoms with Crippen LogP contribution in [-0.4, -0.2) is 27.5 Å². The van der Waals surface area contributed by atoms with E-state index in [4.69, 9.17) is 16.7 Å². The molecule has 2 N–H and O–H groups in total. The van der Waals surface area contributed by atoms with Gasteiger partial charge in [0, 0.05) is 26.2 Å². The molecule has 0 fully saturated rings. The lowest BCUT2D eigenvalue weighted by atomic mass is 10.0. The van der Waals surface area contributed by atoms with Crippen molar-refractivity contribution in [3.05, 3.63) is 16.4 Å². The summed E-state index contributed by atoms with van der Waals surface area (Å²) in [5, 5.41) is 17.4. The average Bonchev–Trinajstić information content (AvgIpc) is 2.49. The highest BCUT2D eigenvalue weighted by Gasteiger charge is 2.15. The quantitative estimate of drug-likeness (QED) is 0.820. The molecule has 1 aromatic heterocycles. The number of halogens is 1. The summed E-state index contributed by atoms with van der Waals surface area (Å²) in [5.74, 6) is 0.482. The van der Waals surface area contributed by atoms with Gasteiger partial charge in [0.1, 0.15) is 0 Å². The van der Waals surface area contributed by atoms with E-state index in [2.05, 4.69) is 24.3 Å². The van der Waals surface area contributed by atoms with Gasteiger partial charge in [-0.1, -0.05) is 25.4 Å². The van der Waals surface area contributed by atoms with Crippen molar-refractivity contribution in [1.82, 2.24) is 15.1 Å². The Morgan fingerprint density at radius 3 is 2.53 bits per heavy atom. The Labute approximate surface area is 108 Å². The van der Waals surface area contributed by atoms with Crippen LogP contribution in [-0.2, 0) is 13.6 Å². The summed E-state index contributed by atoms with van der Waals surface area (Å²) in [4.78, 5) is 0. The van der Waals surface area contributed by atoms with E-state index in [0.717, 1.165) is 22.8 Å². The zero-order valence-corrected chi connectivity index (χ0v) is 11.8. The molecule has 0 spiro atoms. The predicted molar refractivity (Wildman–Crippen MR) is 70.1 cm³/mol. The molecule has 0 aromatic carbocycles. The van der Waals surface area contributed by atoms with Crippen LogP contribution in [0.5, 0.6) is 0 Å². The first-order valence-corrected chi connectivity index (χ1v) is 6.37. The number of nitrogens with zero attached hydrogens (tertiary/aromatic N) is 2. The topological polar surface area (TPSA) is 50.1 Å². The number of nitrogens with one attached hydrogen (secondary N) is 1. The Hall–Kier alpha value is -0.580. The fraction of sp³-hybridized carbons (Fsp3) is 0.750. The van der Waals surface area contributed by atoms with E-state index in [1.165, 1.54) is 0 Å². The summed E-state index contributed by atoms with van der Waals surface area (Å²) in [5.41, 5.74) is 1.85. The summed E-state index contributed by atoms with van der Waals surface area (Å²) in [6.45, 7) is 7.07. The Bertz CT molecular complexity index is 363. The van der Waals surface area contributed by atoms with Crippen molar-refractivity contribution >= 4 is 11.6 Å². The SMILES string of the molecule is Cc1nn(C)c(CNC(CCO)C(C)C)c1Cl. The van der Waals surface area contributed by atoms with E-state index >= 15 is 0 Å². The molecule has 1 aromatic rings. The molecule has 1 atom stereocenters. The van der Waals surface area contributed by atoms with Gasteiger partial charge in [-0.15, -0.1) is 0 Å². The molecule has 4 nitrogen and oxygen atoms in total.